The Labute approximate surface area is 196 Å². The van der Waals surface area contributed by atoms with Gasteiger partial charge in [0.25, 0.3) is 0 Å². The predicted octanol–water partition coefficient (Wildman–Crippen LogP) is 3.11. The van der Waals surface area contributed by atoms with E-state index in [9.17, 15) is 9.59 Å². The number of hydrogen-bond acceptors (Lipinski definition) is 4. The van der Waals surface area contributed by atoms with Gasteiger partial charge in [0, 0.05) is 37.6 Å². The van der Waals surface area contributed by atoms with E-state index in [1.807, 2.05) is 47.4 Å². The molecular weight excluding hydrogens is 435 g/mol. The molecule has 2 amide bonds. The number of carbonyl (C=O) groups excluding carboxylic acids is 2. The third-order valence-electron chi connectivity index (χ3n) is 5.71. The summed E-state index contributed by atoms with van der Waals surface area (Å²) < 4.78 is 0. The van der Waals surface area contributed by atoms with E-state index in [1.165, 1.54) is 5.69 Å². The second kappa shape index (κ2) is 11.9. The molecule has 1 atom stereocenters. The molecule has 2 aliphatic heterocycles. The van der Waals surface area contributed by atoms with Gasteiger partial charge in [0.1, 0.15) is 0 Å². The highest BCUT2D eigenvalue weighted by molar-refractivity contribution is 5.95. The quantitative estimate of drug-likeness (QED) is 0.713. The molecule has 0 saturated carbocycles. The lowest BCUT2D eigenvalue weighted by atomic mass is 10.1. The van der Waals surface area contributed by atoms with E-state index in [0.29, 0.717) is 6.42 Å². The maximum atomic E-state index is 12.7. The zero-order valence-electron chi connectivity index (χ0n) is 17.5. The molecule has 1 unspecified atom stereocenters. The third-order valence-corrected chi connectivity index (χ3v) is 5.71. The summed E-state index contributed by atoms with van der Waals surface area (Å²) in [6, 6.07) is 17.8. The molecule has 2 N–H and O–H groups in total. The van der Waals surface area contributed by atoms with Gasteiger partial charge in [0.2, 0.25) is 11.8 Å². The van der Waals surface area contributed by atoms with Crippen molar-refractivity contribution in [3.05, 3.63) is 60.2 Å². The Balaban J connectivity index is 0.00000171. The number of anilines is 2. The zero-order chi connectivity index (χ0) is 20.1. The summed E-state index contributed by atoms with van der Waals surface area (Å²) in [5, 5.41) is 6.14. The van der Waals surface area contributed by atoms with Gasteiger partial charge in [0.05, 0.1) is 12.5 Å². The first kappa shape index (κ1) is 25.0. The van der Waals surface area contributed by atoms with Crippen molar-refractivity contribution in [3.63, 3.8) is 0 Å². The Kier molecular flexibility index (Phi) is 9.62. The third kappa shape index (κ3) is 6.60. The maximum Gasteiger partial charge on any atom is 0.241 e. The van der Waals surface area contributed by atoms with Gasteiger partial charge in [-0.15, -0.1) is 24.8 Å². The Morgan fingerprint density at radius 1 is 0.935 bits per heavy atom. The van der Waals surface area contributed by atoms with Crippen LogP contribution in [0.25, 0.3) is 0 Å². The van der Waals surface area contributed by atoms with Gasteiger partial charge >= 0.3 is 0 Å². The molecule has 168 valence electrons. The van der Waals surface area contributed by atoms with Crippen LogP contribution in [0.15, 0.2) is 54.6 Å². The Morgan fingerprint density at radius 3 is 2.23 bits per heavy atom. The van der Waals surface area contributed by atoms with Crippen molar-refractivity contribution < 1.29 is 9.59 Å². The molecule has 0 bridgehead atoms. The van der Waals surface area contributed by atoms with Crippen LogP contribution < -0.4 is 15.5 Å². The lowest BCUT2D eigenvalue weighted by Crippen LogP contribution is -2.49. The molecule has 0 radical (unpaired) electrons. The largest absolute Gasteiger partial charge is 0.368 e. The van der Waals surface area contributed by atoms with Crippen molar-refractivity contribution in [1.82, 2.24) is 10.2 Å². The van der Waals surface area contributed by atoms with Crippen LogP contribution >= 0.6 is 24.8 Å². The molecule has 31 heavy (non-hydrogen) atoms. The van der Waals surface area contributed by atoms with Crippen LogP contribution in [0.5, 0.6) is 0 Å². The van der Waals surface area contributed by atoms with Gasteiger partial charge in [-0.25, -0.2) is 0 Å². The van der Waals surface area contributed by atoms with Crippen molar-refractivity contribution >= 4 is 48.0 Å². The maximum absolute atomic E-state index is 12.7. The van der Waals surface area contributed by atoms with Crippen LogP contribution in [0.3, 0.4) is 0 Å². The molecule has 6 nitrogen and oxygen atoms in total. The fourth-order valence-corrected chi connectivity index (χ4v) is 3.98. The summed E-state index contributed by atoms with van der Waals surface area (Å²) >= 11 is 0. The van der Waals surface area contributed by atoms with E-state index < -0.39 is 0 Å². The number of amides is 2. The summed E-state index contributed by atoms with van der Waals surface area (Å²) in [7, 11) is 0. The van der Waals surface area contributed by atoms with Crippen LogP contribution in [0.1, 0.15) is 18.4 Å². The standard InChI is InChI=1S/C23H28N4O2.2ClH/c28-22(27-15-13-26(14-16-27)20-5-2-1-3-6-20)17-18-8-10-19(11-9-18)25-23(29)21-7-4-12-24-21;;/h1-3,5-6,8-11,21,24H,4,7,12-17H2,(H,25,29);2*1H. The number of nitrogens with zero attached hydrogens (tertiary/aromatic N) is 2. The SMILES string of the molecule is Cl.Cl.O=C(Nc1ccc(CC(=O)N2CCN(c3ccccc3)CC2)cc1)C1CCCN1. The Hall–Kier alpha value is -2.28. The monoisotopic (exact) mass is 464 g/mol. The van der Waals surface area contributed by atoms with Crippen molar-refractivity contribution in [2.45, 2.75) is 25.3 Å². The molecule has 2 heterocycles. The second-order valence-corrected chi connectivity index (χ2v) is 7.72. The summed E-state index contributed by atoms with van der Waals surface area (Å²) in [6.07, 6.45) is 2.32. The molecule has 0 spiro atoms. The van der Waals surface area contributed by atoms with Gasteiger partial charge in [0.15, 0.2) is 0 Å². The molecule has 2 aromatic carbocycles. The van der Waals surface area contributed by atoms with Crippen LogP contribution in [-0.4, -0.2) is 55.5 Å². The molecular formula is C23H30Cl2N4O2. The van der Waals surface area contributed by atoms with Crippen LogP contribution in [-0.2, 0) is 16.0 Å². The van der Waals surface area contributed by atoms with Gasteiger partial charge in [-0.3, -0.25) is 9.59 Å². The summed E-state index contributed by atoms with van der Waals surface area (Å²) in [5.41, 5.74) is 2.96. The van der Waals surface area contributed by atoms with E-state index >= 15 is 0 Å². The molecule has 0 aromatic heterocycles. The molecule has 2 fully saturated rings. The minimum absolute atomic E-state index is 0. The number of rotatable bonds is 5. The number of hydrogen-bond donors (Lipinski definition) is 2. The van der Waals surface area contributed by atoms with E-state index in [-0.39, 0.29) is 42.7 Å². The minimum atomic E-state index is -0.0918. The van der Waals surface area contributed by atoms with Crippen LogP contribution in [0.2, 0.25) is 0 Å². The van der Waals surface area contributed by atoms with Crippen molar-refractivity contribution in [2.75, 3.05) is 42.9 Å². The van der Waals surface area contributed by atoms with Gasteiger partial charge in [-0.2, -0.15) is 0 Å². The smallest absolute Gasteiger partial charge is 0.241 e. The fraction of sp³-hybridized carbons (Fsp3) is 0.391. The number of nitrogens with one attached hydrogen (secondary N) is 2. The lowest BCUT2D eigenvalue weighted by Gasteiger charge is -2.36. The lowest BCUT2D eigenvalue weighted by molar-refractivity contribution is -0.130. The Bertz CT molecular complexity index is 834. The highest BCUT2D eigenvalue weighted by atomic mass is 35.5. The molecule has 8 heteroatoms. The molecule has 2 aliphatic rings. The van der Waals surface area contributed by atoms with Crippen molar-refractivity contribution in [3.8, 4) is 0 Å². The number of piperazine rings is 1. The fourth-order valence-electron chi connectivity index (χ4n) is 3.98. The van der Waals surface area contributed by atoms with E-state index in [4.69, 9.17) is 0 Å². The number of benzene rings is 2. The summed E-state index contributed by atoms with van der Waals surface area (Å²) in [6.45, 7) is 4.11. The number of carbonyl (C=O) groups is 2. The van der Waals surface area contributed by atoms with Gasteiger partial charge in [-0.1, -0.05) is 30.3 Å². The van der Waals surface area contributed by atoms with Crippen molar-refractivity contribution in [2.24, 2.45) is 0 Å². The average molecular weight is 465 g/mol. The summed E-state index contributed by atoms with van der Waals surface area (Å²) in [4.78, 5) is 29.1. The molecule has 2 saturated heterocycles. The minimum Gasteiger partial charge on any atom is -0.368 e. The van der Waals surface area contributed by atoms with Crippen LogP contribution in [0, 0.1) is 0 Å². The highest BCUT2D eigenvalue weighted by Gasteiger charge is 2.23. The van der Waals surface area contributed by atoms with Gasteiger partial charge < -0.3 is 20.4 Å². The Morgan fingerprint density at radius 2 is 1.61 bits per heavy atom. The van der Waals surface area contributed by atoms with E-state index in [2.05, 4.69) is 27.7 Å². The van der Waals surface area contributed by atoms with Crippen LogP contribution in [0.4, 0.5) is 11.4 Å². The molecule has 0 aliphatic carbocycles. The second-order valence-electron chi connectivity index (χ2n) is 7.72. The zero-order valence-corrected chi connectivity index (χ0v) is 19.1. The normalized spacial score (nSPS) is 18.0. The van der Waals surface area contributed by atoms with Crippen molar-refractivity contribution in [1.29, 1.82) is 0 Å². The first-order valence-electron chi connectivity index (χ1n) is 10.4. The predicted molar refractivity (Wildman–Crippen MR) is 130 cm³/mol. The molecule has 2 aromatic rings. The van der Waals surface area contributed by atoms with Gasteiger partial charge in [-0.05, 0) is 49.2 Å². The highest BCUT2D eigenvalue weighted by Crippen LogP contribution is 2.17. The van der Waals surface area contributed by atoms with E-state index in [1.54, 1.807) is 0 Å². The number of para-hydroxylation sites is 1. The number of halogens is 2. The molecule has 4 rings (SSSR count). The first-order chi connectivity index (χ1) is 14.2. The topological polar surface area (TPSA) is 64.7 Å². The average Bonchev–Trinajstić information content (AvgIpc) is 3.31. The van der Waals surface area contributed by atoms with E-state index in [0.717, 1.165) is 56.8 Å². The first-order valence-corrected chi connectivity index (χ1v) is 10.4. The summed E-state index contributed by atoms with van der Waals surface area (Å²) in [5.74, 6) is 0.173.